The molecule has 74 valence electrons. The Hall–Kier alpha value is -0.490. The van der Waals surface area contributed by atoms with Crippen molar-refractivity contribution >= 4 is 6.29 Å². The molecule has 2 rings (SSSR count). The average molecular weight is 187 g/mol. The van der Waals surface area contributed by atoms with E-state index in [1.54, 1.807) is 13.8 Å². The molecule has 5 heteroatoms. The highest BCUT2D eigenvalue weighted by Crippen LogP contribution is 2.35. The summed E-state index contributed by atoms with van der Waals surface area (Å²) in [7, 11) is 0. The first kappa shape index (κ1) is 9.08. The minimum absolute atomic E-state index is 0.329. The predicted molar refractivity (Wildman–Crippen MR) is 42.7 cm³/mol. The molecule has 2 saturated heterocycles. The van der Waals surface area contributed by atoms with Crippen LogP contribution in [-0.2, 0) is 19.0 Å². The van der Waals surface area contributed by atoms with Gasteiger partial charge in [-0.3, -0.25) is 0 Å². The van der Waals surface area contributed by atoms with Crippen LogP contribution in [0.4, 0.5) is 0 Å². The maximum atomic E-state index is 10.5. The summed E-state index contributed by atoms with van der Waals surface area (Å²) in [5, 5.41) is 0. The summed E-state index contributed by atoms with van der Waals surface area (Å²) >= 11 is 0. The van der Waals surface area contributed by atoms with Gasteiger partial charge in [-0.1, -0.05) is 0 Å². The zero-order valence-corrected chi connectivity index (χ0v) is 7.60. The molecule has 5 nitrogen and oxygen atoms in total. The first-order valence-electron chi connectivity index (χ1n) is 4.25. The second-order valence-corrected chi connectivity index (χ2v) is 3.78. The number of carbonyl (C=O) groups is 1. The second-order valence-electron chi connectivity index (χ2n) is 3.78. The minimum atomic E-state index is -0.666. The number of hydrogen-bond acceptors (Lipinski definition) is 5. The van der Waals surface area contributed by atoms with Crippen LogP contribution in [-0.4, -0.2) is 36.6 Å². The van der Waals surface area contributed by atoms with E-state index in [9.17, 15) is 4.79 Å². The van der Waals surface area contributed by atoms with E-state index in [-0.39, 0.29) is 6.10 Å². The molecule has 4 atom stereocenters. The first-order valence-corrected chi connectivity index (χ1v) is 4.25. The molecule has 2 fully saturated rings. The zero-order valence-electron chi connectivity index (χ0n) is 7.60. The van der Waals surface area contributed by atoms with Crippen LogP contribution in [0.5, 0.6) is 0 Å². The molecule has 2 aliphatic rings. The van der Waals surface area contributed by atoms with Gasteiger partial charge in [0.1, 0.15) is 12.2 Å². The number of rotatable bonds is 1. The van der Waals surface area contributed by atoms with Crippen LogP contribution in [0.15, 0.2) is 0 Å². The molecule has 0 aromatic carbocycles. The Balaban J connectivity index is 2.11. The lowest BCUT2D eigenvalue weighted by atomic mass is 10.1. The van der Waals surface area contributed by atoms with Gasteiger partial charge in [-0.15, -0.1) is 0 Å². The van der Waals surface area contributed by atoms with Crippen LogP contribution in [0.25, 0.3) is 0 Å². The van der Waals surface area contributed by atoms with Gasteiger partial charge in [0.15, 0.2) is 18.4 Å². The van der Waals surface area contributed by atoms with Gasteiger partial charge in [0.2, 0.25) is 0 Å². The molecule has 2 heterocycles. The van der Waals surface area contributed by atoms with Crippen LogP contribution in [0.2, 0.25) is 0 Å². The number of fused-ring (bicyclic) bond motifs is 1. The van der Waals surface area contributed by atoms with Gasteiger partial charge in [0.05, 0.1) is 6.04 Å². The molecule has 0 bridgehead atoms. The molecule has 13 heavy (non-hydrogen) atoms. The van der Waals surface area contributed by atoms with Gasteiger partial charge in [0, 0.05) is 0 Å². The Morgan fingerprint density at radius 1 is 1.38 bits per heavy atom. The fourth-order valence-electron chi connectivity index (χ4n) is 1.68. The van der Waals surface area contributed by atoms with E-state index in [0.717, 1.165) is 0 Å². The fraction of sp³-hybridized carbons (Fsp3) is 0.875. The average Bonchev–Trinajstić information content (AvgIpc) is 2.47. The zero-order chi connectivity index (χ0) is 9.64. The predicted octanol–water partition coefficient (Wildman–Crippen LogP) is -0.611. The maximum absolute atomic E-state index is 10.5. The van der Waals surface area contributed by atoms with Crippen molar-refractivity contribution in [3.8, 4) is 0 Å². The summed E-state index contributed by atoms with van der Waals surface area (Å²) in [6.45, 7) is 3.58. The number of carbonyl (C=O) groups excluding carboxylic acids is 1. The summed E-state index contributed by atoms with van der Waals surface area (Å²) in [5.41, 5.74) is 5.73. The molecule has 0 unspecified atom stereocenters. The molecule has 0 spiro atoms. The quantitative estimate of drug-likeness (QED) is 0.554. The van der Waals surface area contributed by atoms with E-state index < -0.39 is 24.2 Å². The largest absolute Gasteiger partial charge is 0.340 e. The smallest absolute Gasteiger partial charge is 0.189 e. The maximum Gasteiger partial charge on any atom is 0.189 e. The third-order valence-corrected chi connectivity index (χ3v) is 2.27. The molecule has 2 aliphatic heterocycles. The van der Waals surface area contributed by atoms with E-state index in [4.69, 9.17) is 19.9 Å². The Kier molecular flexibility index (Phi) is 1.92. The first-order chi connectivity index (χ1) is 6.03. The molecule has 0 aromatic heterocycles. The SMILES string of the molecule is CC1(C)O[C@H]2O[C@H](C=O)[C@H](N)[C@H]2O1. The van der Waals surface area contributed by atoms with Crippen molar-refractivity contribution in [1.29, 1.82) is 0 Å². The van der Waals surface area contributed by atoms with E-state index >= 15 is 0 Å². The standard InChI is InChI=1S/C8H13NO4/c1-8(2)12-6-5(9)4(3-10)11-7(6)13-8/h3-7H,9H2,1-2H3/t4-,5+,6-,7-/m1/s1. The van der Waals surface area contributed by atoms with Gasteiger partial charge >= 0.3 is 0 Å². The van der Waals surface area contributed by atoms with Crippen LogP contribution in [0.1, 0.15) is 13.8 Å². The van der Waals surface area contributed by atoms with Gasteiger partial charge in [0.25, 0.3) is 0 Å². The highest BCUT2D eigenvalue weighted by Gasteiger charge is 2.53. The molecule has 0 radical (unpaired) electrons. The Labute approximate surface area is 76.1 Å². The highest BCUT2D eigenvalue weighted by molar-refractivity contribution is 5.58. The molecule has 2 N–H and O–H groups in total. The number of hydrogen-bond donors (Lipinski definition) is 1. The highest BCUT2D eigenvalue weighted by atomic mass is 16.8. The molecule has 0 saturated carbocycles. The van der Waals surface area contributed by atoms with Gasteiger partial charge in [-0.25, -0.2) is 0 Å². The summed E-state index contributed by atoms with van der Waals surface area (Å²) < 4.78 is 16.1. The number of aldehydes is 1. The summed E-state index contributed by atoms with van der Waals surface area (Å²) in [4.78, 5) is 10.5. The number of nitrogens with two attached hydrogens (primary N) is 1. The van der Waals surface area contributed by atoms with E-state index in [1.807, 2.05) is 0 Å². The fourth-order valence-corrected chi connectivity index (χ4v) is 1.68. The van der Waals surface area contributed by atoms with Crippen molar-refractivity contribution < 1.29 is 19.0 Å². The summed E-state index contributed by atoms with van der Waals surface area (Å²) in [5.74, 6) is -0.666. The third-order valence-electron chi connectivity index (χ3n) is 2.27. The molecular weight excluding hydrogens is 174 g/mol. The van der Waals surface area contributed by atoms with E-state index in [2.05, 4.69) is 0 Å². The normalized spacial score (nSPS) is 47.6. The van der Waals surface area contributed by atoms with Gasteiger partial charge in [-0.05, 0) is 13.8 Å². The van der Waals surface area contributed by atoms with Crippen molar-refractivity contribution in [1.82, 2.24) is 0 Å². The van der Waals surface area contributed by atoms with Crippen molar-refractivity contribution in [2.24, 2.45) is 5.73 Å². The lowest BCUT2D eigenvalue weighted by Gasteiger charge is -2.20. The van der Waals surface area contributed by atoms with E-state index in [0.29, 0.717) is 6.29 Å². The topological polar surface area (TPSA) is 70.8 Å². The summed E-state index contributed by atoms with van der Waals surface area (Å²) in [6, 6.07) is -0.427. The van der Waals surface area contributed by atoms with Crippen LogP contribution in [0, 0.1) is 0 Å². The minimum Gasteiger partial charge on any atom is -0.340 e. The Bertz CT molecular complexity index is 230. The molecule has 0 aliphatic carbocycles. The summed E-state index contributed by atoms with van der Waals surface area (Å²) in [6.07, 6.45) is -0.751. The van der Waals surface area contributed by atoms with Crippen LogP contribution < -0.4 is 5.73 Å². The molecule has 0 aromatic rings. The Morgan fingerprint density at radius 2 is 2.08 bits per heavy atom. The van der Waals surface area contributed by atoms with Crippen molar-refractivity contribution in [2.75, 3.05) is 0 Å². The lowest BCUT2D eigenvalue weighted by Crippen LogP contribution is -2.42. The van der Waals surface area contributed by atoms with Crippen LogP contribution in [0.3, 0.4) is 0 Å². The van der Waals surface area contributed by atoms with Crippen molar-refractivity contribution in [3.63, 3.8) is 0 Å². The molecule has 0 amide bonds. The van der Waals surface area contributed by atoms with Crippen molar-refractivity contribution in [3.05, 3.63) is 0 Å². The second kappa shape index (κ2) is 2.75. The van der Waals surface area contributed by atoms with E-state index in [1.165, 1.54) is 0 Å². The lowest BCUT2D eigenvalue weighted by molar-refractivity contribution is -0.204. The van der Waals surface area contributed by atoms with Gasteiger partial charge in [-0.2, -0.15) is 0 Å². The third kappa shape index (κ3) is 1.38. The monoisotopic (exact) mass is 187 g/mol. The Morgan fingerprint density at radius 3 is 2.62 bits per heavy atom. The van der Waals surface area contributed by atoms with Crippen molar-refractivity contribution in [2.45, 2.75) is 44.2 Å². The number of ether oxygens (including phenoxy) is 3. The van der Waals surface area contributed by atoms with Gasteiger partial charge < -0.3 is 24.7 Å². The van der Waals surface area contributed by atoms with Crippen LogP contribution >= 0.6 is 0 Å². The molecular formula is C8H13NO4.